The number of hydrogen-bond donors (Lipinski definition) is 2. The molecule has 8 nitrogen and oxygen atoms in total. The van der Waals surface area contributed by atoms with Gasteiger partial charge < -0.3 is 20.1 Å². The molecule has 1 aromatic carbocycles. The van der Waals surface area contributed by atoms with Crippen LogP contribution in [-0.2, 0) is 17.9 Å². The average Bonchev–Trinajstić information content (AvgIpc) is 3.24. The van der Waals surface area contributed by atoms with E-state index in [1.54, 1.807) is 14.0 Å². The highest BCUT2D eigenvalue weighted by Crippen LogP contribution is 2.21. The van der Waals surface area contributed by atoms with Crippen LogP contribution in [0.25, 0.3) is 0 Å². The van der Waals surface area contributed by atoms with Crippen LogP contribution >= 0.6 is 24.0 Å². The summed E-state index contributed by atoms with van der Waals surface area (Å²) in [5.74, 6) is 1.98. The lowest BCUT2D eigenvalue weighted by Gasteiger charge is -2.16. The zero-order valence-electron chi connectivity index (χ0n) is 14.9. The van der Waals surface area contributed by atoms with Crippen LogP contribution in [0.1, 0.15) is 30.1 Å². The van der Waals surface area contributed by atoms with Crippen LogP contribution in [0.3, 0.4) is 0 Å². The van der Waals surface area contributed by atoms with Gasteiger partial charge in [0.05, 0.1) is 6.54 Å². The zero-order chi connectivity index (χ0) is 17.6. The van der Waals surface area contributed by atoms with Crippen molar-refractivity contribution in [3.63, 3.8) is 0 Å². The first kappa shape index (κ1) is 20.1. The Balaban J connectivity index is 0.00000243. The lowest BCUT2D eigenvalue weighted by molar-refractivity contribution is -0.117. The summed E-state index contributed by atoms with van der Waals surface area (Å²) < 4.78 is 4.93. The molecule has 26 heavy (non-hydrogen) atoms. The summed E-state index contributed by atoms with van der Waals surface area (Å²) >= 11 is 0. The van der Waals surface area contributed by atoms with Gasteiger partial charge in [0.15, 0.2) is 11.8 Å². The van der Waals surface area contributed by atoms with Gasteiger partial charge in [-0.3, -0.25) is 9.79 Å². The summed E-state index contributed by atoms with van der Waals surface area (Å²) in [5.41, 5.74) is 2.06. The molecule has 1 aromatic heterocycles. The van der Waals surface area contributed by atoms with Crippen LogP contribution in [-0.4, -0.2) is 35.6 Å². The molecule has 0 radical (unpaired) electrons. The number of aryl methyl sites for hydroxylation is 1. The number of aromatic nitrogens is 2. The average molecular weight is 470 g/mol. The van der Waals surface area contributed by atoms with E-state index < -0.39 is 0 Å². The molecule has 2 aromatic rings. The first-order valence-corrected chi connectivity index (χ1v) is 8.29. The normalized spacial score (nSPS) is 14.3. The minimum atomic E-state index is 0. The number of nitrogens with zero attached hydrogens (tertiary/aromatic N) is 4. The Morgan fingerprint density at radius 3 is 2.58 bits per heavy atom. The van der Waals surface area contributed by atoms with Crippen LogP contribution in [0.15, 0.2) is 33.8 Å². The summed E-state index contributed by atoms with van der Waals surface area (Å²) in [6, 6.07) is 8.00. The number of guanidine groups is 1. The van der Waals surface area contributed by atoms with Gasteiger partial charge in [-0.2, -0.15) is 4.98 Å². The fraction of sp³-hybridized carbons (Fsp3) is 0.412. The summed E-state index contributed by atoms with van der Waals surface area (Å²) in [4.78, 5) is 21.9. The van der Waals surface area contributed by atoms with Crippen molar-refractivity contribution in [3.8, 4) is 0 Å². The van der Waals surface area contributed by atoms with Gasteiger partial charge in [0, 0.05) is 39.2 Å². The zero-order valence-corrected chi connectivity index (χ0v) is 17.2. The second-order valence-corrected chi connectivity index (χ2v) is 5.82. The molecule has 0 spiro atoms. The third kappa shape index (κ3) is 5.16. The van der Waals surface area contributed by atoms with Crippen molar-refractivity contribution in [2.24, 2.45) is 4.99 Å². The molecule has 0 atom stereocenters. The number of amides is 1. The highest BCUT2D eigenvalue weighted by atomic mass is 127. The molecule has 0 bridgehead atoms. The van der Waals surface area contributed by atoms with E-state index in [-0.39, 0.29) is 29.9 Å². The maximum Gasteiger partial charge on any atom is 0.227 e. The van der Waals surface area contributed by atoms with Gasteiger partial charge in [0.25, 0.3) is 0 Å². The second kappa shape index (κ2) is 9.51. The maximum absolute atomic E-state index is 11.8. The smallest absolute Gasteiger partial charge is 0.227 e. The van der Waals surface area contributed by atoms with Crippen LogP contribution in [0, 0.1) is 6.92 Å². The summed E-state index contributed by atoms with van der Waals surface area (Å²) in [5, 5.41) is 10.2. The fourth-order valence-electron chi connectivity index (χ4n) is 2.70. The van der Waals surface area contributed by atoms with E-state index in [4.69, 9.17) is 4.52 Å². The molecule has 140 valence electrons. The number of carbonyl (C=O) groups excluding carboxylic acids is 1. The number of halogens is 1. The molecule has 2 heterocycles. The van der Waals surface area contributed by atoms with Crippen molar-refractivity contribution in [1.82, 2.24) is 20.8 Å². The van der Waals surface area contributed by atoms with Crippen molar-refractivity contribution in [2.45, 2.75) is 32.9 Å². The van der Waals surface area contributed by atoms with Gasteiger partial charge >= 0.3 is 0 Å². The van der Waals surface area contributed by atoms with Gasteiger partial charge in [-0.25, -0.2) is 0 Å². The van der Waals surface area contributed by atoms with E-state index in [0.717, 1.165) is 24.2 Å². The Morgan fingerprint density at radius 2 is 2.00 bits per heavy atom. The maximum atomic E-state index is 11.8. The van der Waals surface area contributed by atoms with E-state index >= 15 is 0 Å². The van der Waals surface area contributed by atoms with Gasteiger partial charge in [0.1, 0.15) is 0 Å². The van der Waals surface area contributed by atoms with Gasteiger partial charge in [-0.1, -0.05) is 17.3 Å². The van der Waals surface area contributed by atoms with Crippen LogP contribution < -0.4 is 15.5 Å². The van der Waals surface area contributed by atoms with Gasteiger partial charge in [-0.15, -0.1) is 24.0 Å². The molecular formula is C17H23IN6O2. The van der Waals surface area contributed by atoms with Crippen LogP contribution in [0.4, 0.5) is 5.69 Å². The van der Waals surface area contributed by atoms with Crippen molar-refractivity contribution < 1.29 is 9.32 Å². The number of aliphatic imine (C=N–C) groups is 1. The van der Waals surface area contributed by atoms with E-state index in [9.17, 15) is 4.79 Å². The predicted octanol–water partition coefficient (Wildman–Crippen LogP) is 1.99. The van der Waals surface area contributed by atoms with Crippen molar-refractivity contribution >= 4 is 41.5 Å². The molecule has 9 heteroatoms. The molecule has 0 saturated carbocycles. The molecular weight excluding hydrogens is 447 g/mol. The Labute approximate surface area is 169 Å². The number of hydrogen-bond acceptors (Lipinski definition) is 5. The highest BCUT2D eigenvalue weighted by molar-refractivity contribution is 14.0. The quantitative estimate of drug-likeness (QED) is 0.395. The topological polar surface area (TPSA) is 95.7 Å². The SMILES string of the molecule is CN=C(NCc1ccc(N2CCCC2=O)cc1)NCc1noc(C)n1.I. The first-order valence-electron chi connectivity index (χ1n) is 8.29. The Kier molecular flexibility index (Phi) is 7.37. The molecule has 3 rings (SSSR count). The first-order chi connectivity index (χ1) is 12.2. The number of anilines is 1. The Bertz CT molecular complexity index is 759. The Hall–Kier alpha value is -2.17. The molecule has 1 aliphatic heterocycles. The lowest BCUT2D eigenvalue weighted by Crippen LogP contribution is -2.36. The summed E-state index contributed by atoms with van der Waals surface area (Å²) in [6.45, 7) is 3.62. The van der Waals surface area contributed by atoms with Crippen LogP contribution in [0.5, 0.6) is 0 Å². The molecule has 1 saturated heterocycles. The Morgan fingerprint density at radius 1 is 1.27 bits per heavy atom. The summed E-state index contributed by atoms with van der Waals surface area (Å²) in [7, 11) is 1.71. The number of nitrogens with one attached hydrogen (secondary N) is 2. The van der Waals surface area contributed by atoms with E-state index in [1.807, 2.05) is 29.2 Å². The molecule has 0 aliphatic carbocycles. The number of rotatable bonds is 5. The molecule has 1 fully saturated rings. The van der Waals surface area contributed by atoms with E-state index in [1.165, 1.54) is 0 Å². The van der Waals surface area contributed by atoms with Gasteiger partial charge in [-0.05, 0) is 24.1 Å². The minimum Gasteiger partial charge on any atom is -0.352 e. The molecule has 0 unspecified atom stereocenters. The third-order valence-electron chi connectivity index (χ3n) is 3.99. The summed E-state index contributed by atoms with van der Waals surface area (Å²) in [6.07, 6.45) is 1.58. The number of carbonyl (C=O) groups is 1. The van der Waals surface area contributed by atoms with Gasteiger partial charge in [0.2, 0.25) is 11.8 Å². The molecule has 1 amide bonds. The number of benzene rings is 1. The highest BCUT2D eigenvalue weighted by Gasteiger charge is 2.21. The lowest BCUT2D eigenvalue weighted by atomic mass is 10.2. The van der Waals surface area contributed by atoms with Crippen LogP contribution in [0.2, 0.25) is 0 Å². The largest absolute Gasteiger partial charge is 0.352 e. The van der Waals surface area contributed by atoms with Crippen molar-refractivity contribution in [3.05, 3.63) is 41.5 Å². The molecule has 2 N–H and O–H groups in total. The predicted molar refractivity (Wildman–Crippen MR) is 110 cm³/mol. The molecule has 1 aliphatic rings. The minimum absolute atomic E-state index is 0. The fourth-order valence-corrected chi connectivity index (χ4v) is 2.70. The van der Waals surface area contributed by atoms with E-state index in [2.05, 4.69) is 25.8 Å². The van der Waals surface area contributed by atoms with Crippen molar-refractivity contribution in [2.75, 3.05) is 18.5 Å². The van der Waals surface area contributed by atoms with Crippen molar-refractivity contribution in [1.29, 1.82) is 0 Å². The van der Waals surface area contributed by atoms with E-state index in [0.29, 0.717) is 37.2 Å². The monoisotopic (exact) mass is 470 g/mol. The standard InChI is InChI=1S/C17H22N6O2.HI/c1-12-21-15(22-25-12)11-20-17(18-2)19-10-13-5-7-14(8-6-13)23-9-3-4-16(23)24;/h5-8H,3-4,9-11H2,1-2H3,(H2,18,19,20);1H. The second-order valence-electron chi connectivity index (χ2n) is 5.82. The third-order valence-corrected chi connectivity index (χ3v) is 3.99.